The van der Waals surface area contributed by atoms with E-state index in [0.717, 1.165) is 22.6 Å². The monoisotopic (exact) mass is 458 g/mol. The molecule has 0 bridgehead atoms. The number of nitrogens with one attached hydrogen (secondary N) is 1. The summed E-state index contributed by atoms with van der Waals surface area (Å²) >= 11 is 12.5. The van der Waals surface area contributed by atoms with Gasteiger partial charge in [-0.15, -0.1) is 0 Å². The Morgan fingerprint density at radius 1 is 1.06 bits per heavy atom. The van der Waals surface area contributed by atoms with Gasteiger partial charge in [-0.1, -0.05) is 37.0 Å². The normalized spacial score (nSPS) is 18.4. The molecule has 162 valence electrons. The molecule has 31 heavy (non-hydrogen) atoms. The molecule has 0 spiro atoms. The van der Waals surface area contributed by atoms with Gasteiger partial charge in [0.1, 0.15) is 5.82 Å². The number of rotatable bonds is 6. The van der Waals surface area contributed by atoms with E-state index in [9.17, 15) is 5.11 Å². The fourth-order valence-electron chi connectivity index (χ4n) is 3.73. The summed E-state index contributed by atoms with van der Waals surface area (Å²) in [5.41, 5.74) is 3.22. The van der Waals surface area contributed by atoms with Gasteiger partial charge < -0.3 is 15.3 Å². The Morgan fingerprint density at radius 3 is 2.48 bits per heavy atom. The van der Waals surface area contributed by atoms with Crippen LogP contribution in [0, 0.1) is 0 Å². The average Bonchev–Trinajstić information content (AvgIpc) is 3.14. The lowest BCUT2D eigenvalue weighted by molar-refractivity contribution is 0.186. The molecule has 1 aliphatic heterocycles. The number of nitrogens with zero attached hydrogens (tertiary/aromatic N) is 5. The van der Waals surface area contributed by atoms with Crippen LogP contribution in [0.5, 0.6) is 0 Å². The molecule has 1 fully saturated rings. The van der Waals surface area contributed by atoms with Crippen molar-refractivity contribution in [2.24, 2.45) is 0 Å². The molecule has 1 saturated heterocycles. The van der Waals surface area contributed by atoms with Gasteiger partial charge in [0.2, 0.25) is 5.95 Å². The van der Waals surface area contributed by atoms with Crippen molar-refractivity contribution in [3.63, 3.8) is 0 Å². The molecule has 9 heteroatoms. The molecule has 0 amide bonds. The van der Waals surface area contributed by atoms with Crippen molar-refractivity contribution in [2.45, 2.75) is 38.8 Å². The smallest absolute Gasteiger partial charge is 0.225 e. The van der Waals surface area contributed by atoms with Gasteiger partial charge in [0.15, 0.2) is 0 Å². The van der Waals surface area contributed by atoms with Crippen molar-refractivity contribution in [2.75, 3.05) is 23.3 Å². The van der Waals surface area contributed by atoms with Crippen molar-refractivity contribution in [3.8, 4) is 11.3 Å². The van der Waals surface area contributed by atoms with Crippen LogP contribution < -0.4 is 10.2 Å². The lowest BCUT2D eigenvalue weighted by Gasteiger charge is -2.20. The number of hydrogen-bond donors (Lipinski definition) is 2. The zero-order chi connectivity index (χ0) is 22.0. The van der Waals surface area contributed by atoms with Crippen LogP contribution in [-0.4, -0.2) is 50.3 Å². The average molecular weight is 459 g/mol. The zero-order valence-corrected chi connectivity index (χ0v) is 18.9. The first kappa shape index (κ1) is 21.7. The van der Waals surface area contributed by atoms with Crippen molar-refractivity contribution in [1.29, 1.82) is 0 Å². The standard InChI is InChI=1S/C22H24Cl2N6O/c1-3-16-20(14-7-6-13(23)10-15(14)24)27-17(4-2)21(28-16)29-18-11-30(12-19(18)31)22-25-8-5-9-26-22/h5-10,18-19,31H,3-4,11-12H2,1-2H3,(H,28,29)/t18-,19+/m1/s1. The molecular weight excluding hydrogens is 435 g/mol. The fourth-order valence-corrected chi connectivity index (χ4v) is 4.23. The summed E-state index contributed by atoms with van der Waals surface area (Å²) < 4.78 is 0. The predicted molar refractivity (Wildman–Crippen MR) is 124 cm³/mol. The summed E-state index contributed by atoms with van der Waals surface area (Å²) in [6, 6.07) is 6.95. The van der Waals surface area contributed by atoms with Gasteiger partial charge in [-0.25, -0.2) is 19.9 Å². The maximum Gasteiger partial charge on any atom is 0.225 e. The van der Waals surface area contributed by atoms with E-state index >= 15 is 0 Å². The van der Waals surface area contributed by atoms with Gasteiger partial charge in [0.05, 0.1) is 34.3 Å². The predicted octanol–water partition coefficient (Wildman–Crippen LogP) is 4.03. The number of halogens is 2. The first-order valence-corrected chi connectivity index (χ1v) is 11.1. The first-order chi connectivity index (χ1) is 15.0. The van der Waals surface area contributed by atoms with Crippen LogP contribution in [-0.2, 0) is 12.8 Å². The first-order valence-electron chi connectivity index (χ1n) is 10.3. The van der Waals surface area contributed by atoms with Crippen molar-refractivity contribution in [3.05, 3.63) is 58.1 Å². The Balaban J connectivity index is 1.63. The van der Waals surface area contributed by atoms with Crippen molar-refractivity contribution in [1.82, 2.24) is 19.9 Å². The SMILES string of the molecule is CCc1nc(-c2ccc(Cl)cc2Cl)c(CC)nc1N[C@@H]1CN(c2ncccn2)C[C@@H]1O. The minimum absolute atomic E-state index is 0.210. The van der Waals surface area contributed by atoms with E-state index in [1.807, 2.05) is 24.8 Å². The third-order valence-corrected chi connectivity index (χ3v) is 5.89. The van der Waals surface area contributed by atoms with Crippen LogP contribution in [0.1, 0.15) is 25.2 Å². The Labute approximate surface area is 191 Å². The number of hydrogen-bond acceptors (Lipinski definition) is 7. The van der Waals surface area contributed by atoms with Crippen LogP contribution in [0.2, 0.25) is 10.0 Å². The van der Waals surface area contributed by atoms with Crippen molar-refractivity contribution < 1.29 is 5.11 Å². The molecule has 4 rings (SSSR count). The van der Waals surface area contributed by atoms with E-state index in [-0.39, 0.29) is 6.04 Å². The molecule has 1 aromatic carbocycles. The van der Waals surface area contributed by atoms with Crippen LogP contribution in [0.4, 0.5) is 11.8 Å². The van der Waals surface area contributed by atoms with E-state index < -0.39 is 6.10 Å². The number of aryl methyl sites for hydroxylation is 2. The lowest BCUT2D eigenvalue weighted by atomic mass is 10.1. The topological polar surface area (TPSA) is 87.1 Å². The van der Waals surface area contributed by atoms with Gasteiger partial charge >= 0.3 is 0 Å². The van der Waals surface area contributed by atoms with Crippen LogP contribution in [0.3, 0.4) is 0 Å². The summed E-state index contributed by atoms with van der Waals surface area (Å²) in [5.74, 6) is 1.29. The van der Waals surface area contributed by atoms with Gasteiger partial charge in [0.25, 0.3) is 0 Å². The van der Waals surface area contributed by atoms with Gasteiger partial charge in [-0.05, 0) is 37.1 Å². The second-order valence-corrected chi connectivity index (χ2v) is 8.26. The highest BCUT2D eigenvalue weighted by molar-refractivity contribution is 6.36. The molecule has 0 aliphatic carbocycles. The molecule has 0 radical (unpaired) electrons. The molecule has 0 unspecified atom stereocenters. The maximum atomic E-state index is 10.6. The third kappa shape index (κ3) is 4.59. The molecule has 2 N–H and O–H groups in total. The number of anilines is 2. The Bertz CT molecular complexity index is 1070. The van der Waals surface area contributed by atoms with Crippen LogP contribution in [0.25, 0.3) is 11.3 Å². The number of aliphatic hydroxyl groups excluding tert-OH is 1. The number of benzene rings is 1. The molecule has 1 aliphatic rings. The summed E-state index contributed by atoms with van der Waals surface area (Å²) in [7, 11) is 0. The van der Waals surface area contributed by atoms with E-state index in [4.69, 9.17) is 33.2 Å². The molecule has 3 heterocycles. The molecule has 2 aromatic heterocycles. The van der Waals surface area contributed by atoms with Crippen molar-refractivity contribution >= 4 is 35.0 Å². The second-order valence-electron chi connectivity index (χ2n) is 7.42. The third-order valence-electron chi connectivity index (χ3n) is 5.34. The van der Waals surface area contributed by atoms with E-state index in [2.05, 4.69) is 15.3 Å². The zero-order valence-electron chi connectivity index (χ0n) is 17.4. The van der Waals surface area contributed by atoms with E-state index in [1.165, 1.54) is 0 Å². The minimum Gasteiger partial charge on any atom is -0.389 e. The van der Waals surface area contributed by atoms with Gasteiger partial charge in [-0.3, -0.25) is 0 Å². The van der Waals surface area contributed by atoms with Gasteiger partial charge in [-0.2, -0.15) is 0 Å². The minimum atomic E-state index is -0.578. The summed E-state index contributed by atoms with van der Waals surface area (Å²) in [5, 5.41) is 15.2. The van der Waals surface area contributed by atoms with E-state index in [1.54, 1.807) is 30.6 Å². The van der Waals surface area contributed by atoms with Gasteiger partial charge in [0, 0.05) is 36.1 Å². The summed E-state index contributed by atoms with van der Waals surface area (Å²) in [4.78, 5) is 20.3. The number of β-amino-alcohol motifs (C(OH)–C–C–N with tert-alkyl or cyclic N) is 1. The van der Waals surface area contributed by atoms with E-state index in [0.29, 0.717) is 47.7 Å². The largest absolute Gasteiger partial charge is 0.389 e. The Hall–Kier alpha value is -2.48. The highest BCUT2D eigenvalue weighted by atomic mass is 35.5. The molecule has 0 saturated carbocycles. The quantitative estimate of drug-likeness (QED) is 0.576. The maximum absolute atomic E-state index is 10.6. The highest BCUT2D eigenvalue weighted by Crippen LogP contribution is 2.33. The lowest BCUT2D eigenvalue weighted by Crippen LogP contribution is -2.33. The number of aliphatic hydroxyl groups is 1. The van der Waals surface area contributed by atoms with Crippen LogP contribution in [0.15, 0.2) is 36.7 Å². The molecule has 2 atom stereocenters. The molecule has 7 nitrogen and oxygen atoms in total. The second kappa shape index (κ2) is 9.34. The van der Waals surface area contributed by atoms with Crippen LogP contribution >= 0.6 is 23.2 Å². The summed E-state index contributed by atoms with van der Waals surface area (Å²) in [6.07, 6.45) is 4.20. The summed E-state index contributed by atoms with van der Waals surface area (Å²) in [6.45, 7) is 5.09. The fraction of sp³-hybridized carbons (Fsp3) is 0.364. The highest BCUT2D eigenvalue weighted by Gasteiger charge is 2.33. The molecule has 3 aromatic rings. The Morgan fingerprint density at radius 2 is 1.81 bits per heavy atom. The number of aromatic nitrogens is 4. The Kier molecular flexibility index (Phi) is 6.55. The molecular formula is C22H24Cl2N6O.